The minimum atomic E-state index is -0.291. The van der Waals surface area contributed by atoms with Gasteiger partial charge in [-0.3, -0.25) is 4.79 Å². The Morgan fingerprint density at radius 2 is 1.87 bits per heavy atom. The second-order valence-electron chi connectivity index (χ2n) is 5.64. The second-order valence-corrected chi connectivity index (χ2v) is 5.64. The summed E-state index contributed by atoms with van der Waals surface area (Å²) < 4.78 is 5.64. The van der Waals surface area contributed by atoms with E-state index in [0.717, 1.165) is 23.1 Å². The summed E-state index contributed by atoms with van der Waals surface area (Å²) in [7, 11) is 0. The van der Waals surface area contributed by atoms with E-state index in [9.17, 15) is 4.79 Å². The summed E-state index contributed by atoms with van der Waals surface area (Å²) in [6.07, 6.45) is 0.798. The van der Waals surface area contributed by atoms with Crippen LogP contribution in [0.1, 0.15) is 36.1 Å². The van der Waals surface area contributed by atoms with Crippen LogP contribution in [0.25, 0.3) is 0 Å². The molecule has 0 spiro atoms. The van der Waals surface area contributed by atoms with E-state index in [1.54, 1.807) is 0 Å². The van der Waals surface area contributed by atoms with Crippen molar-refractivity contribution in [3.8, 4) is 5.75 Å². The fourth-order valence-corrected chi connectivity index (χ4v) is 2.44. The van der Waals surface area contributed by atoms with Crippen molar-refractivity contribution < 1.29 is 9.53 Å². The number of carbonyl (C=O) groups is 1. The van der Waals surface area contributed by atoms with Gasteiger partial charge in [0.05, 0.1) is 6.04 Å². The Kier molecular flexibility index (Phi) is 5.58. The summed E-state index contributed by atoms with van der Waals surface area (Å²) in [5.74, 6) is 0.468. The van der Waals surface area contributed by atoms with Gasteiger partial charge in [0, 0.05) is 0 Å². The van der Waals surface area contributed by atoms with E-state index in [-0.39, 0.29) is 17.7 Å². The first-order valence-electron chi connectivity index (χ1n) is 7.81. The number of nitrogens with one attached hydrogen (secondary N) is 1. The van der Waals surface area contributed by atoms with Crippen molar-refractivity contribution in [1.82, 2.24) is 5.32 Å². The van der Waals surface area contributed by atoms with Crippen molar-refractivity contribution in [1.29, 1.82) is 0 Å². The van der Waals surface area contributed by atoms with Gasteiger partial charge >= 0.3 is 0 Å². The molecule has 1 N–H and O–H groups in total. The van der Waals surface area contributed by atoms with Gasteiger partial charge < -0.3 is 10.1 Å². The third kappa shape index (κ3) is 4.46. The van der Waals surface area contributed by atoms with E-state index in [4.69, 9.17) is 4.74 Å². The molecule has 3 heteroatoms. The Hall–Kier alpha value is -2.55. The number of rotatable bonds is 6. The van der Waals surface area contributed by atoms with E-state index in [1.165, 1.54) is 0 Å². The highest BCUT2D eigenvalue weighted by Crippen LogP contribution is 2.21. The van der Waals surface area contributed by atoms with Crippen LogP contribution >= 0.6 is 0 Å². The Bertz CT molecular complexity index is 692. The molecule has 120 valence electrons. The van der Waals surface area contributed by atoms with Crippen LogP contribution in [-0.4, -0.2) is 5.91 Å². The number of hydrogen-bond acceptors (Lipinski definition) is 2. The molecule has 0 aliphatic heterocycles. The Labute approximate surface area is 138 Å². The molecule has 1 atom stereocenters. The van der Waals surface area contributed by atoms with Gasteiger partial charge in [-0.2, -0.15) is 0 Å². The molecule has 2 aromatic carbocycles. The summed E-state index contributed by atoms with van der Waals surface area (Å²) in [6, 6.07) is 15.7. The van der Waals surface area contributed by atoms with Crippen LogP contribution in [0.3, 0.4) is 0 Å². The van der Waals surface area contributed by atoms with Gasteiger partial charge in [-0.05, 0) is 37.5 Å². The number of ether oxygens (including phenoxy) is 1. The molecule has 0 bridgehead atoms. The fourth-order valence-electron chi connectivity index (χ4n) is 2.44. The predicted molar refractivity (Wildman–Crippen MR) is 93.3 cm³/mol. The zero-order chi connectivity index (χ0) is 16.8. The van der Waals surface area contributed by atoms with Gasteiger partial charge in [-0.25, -0.2) is 0 Å². The molecule has 0 heterocycles. The molecule has 23 heavy (non-hydrogen) atoms. The molecule has 3 nitrogen and oxygen atoms in total. The van der Waals surface area contributed by atoms with Crippen molar-refractivity contribution in [2.45, 2.75) is 33.2 Å². The standard InChI is InChI=1S/C20H23NO2/c1-5-18(17-9-7-6-8-10-17)21-20(22)16(4)23-19-12-11-14(2)13-15(19)3/h6-13,18H,4-5H2,1-3H3,(H,21,22)/t18-/m1/s1. The summed E-state index contributed by atoms with van der Waals surface area (Å²) in [5, 5.41) is 2.97. The van der Waals surface area contributed by atoms with Crippen LogP contribution in [0.4, 0.5) is 0 Å². The van der Waals surface area contributed by atoms with Crippen LogP contribution in [0.15, 0.2) is 60.9 Å². The molecular formula is C20H23NO2. The molecule has 2 aromatic rings. The topological polar surface area (TPSA) is 38.3 Å². The maximum absolute atomic E-state index is 12.3. The van der Waals surface area contributed by atoms with Crippen LogP contribution in [0.2, 0.25) is 0 Å². The maximum Gasteiger partial charge on any atom is 0.286 e. The highest BCUT2D eigenvalue weighted by Gasteiger charge is 2.16. The lowest BCUT2D eigenvalue weighted by Crippen LogP contribution is -2.30. The van der Waals surface area contributed by atoms with Gasteiger partial charge in [0.25, 0.3) is 5.91 Å². The van der Waals surface area contributed by atoms with Gasteiger partial charge in [0.15, 0.2) is 5.76 Å². The predicted octanol–water partition coefficient (Wildman–Crippen LogP) is 4.46. The molecule has 0 aromatic heterocycles. The van der Waals surface area contributed by atoms with Crippen LogP contribution in [-0.2, 0) is 4.79 Å². The average molecular weight is 309 g/mol. The Morgan fingerprint density at radius 3 is 2.48 bits per heavy atom. The molecule has 0 radical (unpaired) electrons. The van der Waals surface area contributed by atoms with E-state index in [2.05, 4.69) is 11.9 Å². The maximum atomic E-state index is 12.3. The Balaban J connectivity index is 2.03. The monoisotopic (exact) mass is 309 g/mol. The molecule has 0 aliphatic rings. The number of aryl methyl sites for hydroxylation is 2. The van der Waals surface area contributed by atoms with Gasteiger partial charge in [-0.1, -0.05) is 61.5 Å². The minimum Gasteiger partial charge on any atom is -0.452 e. The SMILES string of the molecule is C=C(Oc1ccc(C)cc1C)C(=O)N[C@H](CC)c1ccccc1. The van der Waals surface area contributed by atoms with Gasteiger partial charge in [0.2, 0.25) is 0 Å². The van der Waals surface area contributed by atoms with Crippen molar-refractivity contribution in [3.05, 3.63) is 77.6 Å². The van der Waals surface area contributed by atoms with Crippen LogP contribution in [0, 0.1) is 13.8 Å². The van der Waals surface area contributed by atoms with Crippen molar-refractivity contribution in [2.75, 3.05) is 0 Å². The number of amides is 1. The lowest BCUT2D eigenvalue weighted by atomic mass is 10.0. The van der Waals surface area contributed by atoms with Crippen LogP contribution < -0.4 is 10.1 Å². The van der Waals surface area contributed by atoms with Gasteiger partial charge in [-0.15, -0.1) is 0 Å². The summed E-state index contributed by atoms with van der Waals surface area (Å²) in [6.45, 7) is 9.76. The molecule has 2 rings (SSSR count). The van der Waals surface area contributed by atoms with E-state index in [1.807, 2.05) is 69.3 Å². The van der Waals surface area contributed by atoms with Crippen molar-refractivity contribution >= 4 is 5.91 Å². The largest absolute Gasteiger partial charge is 0.452 e. The molecule has 1 amide bonds. The smallest absolute Gasteiger partial charge is 0.286 e. The Morgan fingerprint density at radius 1 is 1.17 bits per heavy atom. The number of benzene rings is 2. The first-order valence-corrected chi connectivity index (χ1v) is 7.81. The third-order valence-corrected chi connectivity index (χ3v) is 3.73. The van der Waals surface area contributed by atoms with E-state index in [0.29, 0.717) is 5.75 Å². The van der Waals surface area contributed by atoms with Crippen molar-refractivity contribution in [3.63, 3.8) is 0 Å². The molecule has 0 fully saturated rings. The first-order chi connectivity index (χ1) is 11.0. The summed E-state index contributed by atoms with van der Waals surface area (Å²) in [4.78, 5) is 12.3. The zero-order valence-electron chi connectivity index (χ0n) is 13.9. The van der Waals surface area contributed by atoms with Crippen molar-refractivity contribution in [2.24, 2.45) is 0 Å². The normalized spacial score (nSPS) is 11.6. The summed E-state index contributed by atoms with van der Waals surface area (Å²) in [5.41, 5.74) is 3.21. The lowest BCUT2D eigenvalue weighted by Gasteiger charge is -2.18. The highest BCUT2D eigenvalue weighted by molar-refractivity contribution is 5.91. The fraction of sp³-hybridized carbons (Fsp3) is 0.250. The molecule has 0 saturated heterocycles. The van der Waals surface area contributed by atoms with Gasteiger partial charge in [0.1, 0.15) is 5.75 Å². The van der Waals surface area contributed by atoms with E-state index >= 15 is 0 Å². The van der Waals surface area contributed by atoms with Crippen LogP contribution in [0.5, 0.6) is 5.75 Å². The lowest BCUT2D eigenvalue weighted by molar-refractivity contribution is -0.120. The average Bonchev–Trinajstić information content (AvgIpc) is 2.55. The number of hydrogen-bond donors (Lipinski definition) is 1. The minimum absolute atomic E-state index is 0.0526. The molecule has 0 aliphatic carbocycles. The summed E-state index contributed by atoms with van der Waals surface area (Å²) >= 11 is 0. The molecule has 0 saturated carbocycles. The molecular weight excluding hydrogens is 286 g/mol. The quantitative estimate of drug-likeness (QED) is 0.632. The number of carbonyl (C=O) groups excluding carboxylic acids is 1. The third-order valence-electron chi connectivity index (χ3n) is 3.73. The zero-order valence-corrected chi connectivity index (χ0v) is 13.9. The molecule has 0 unspecified atom stereocenters. The second kappa shape index (κ2) is 7.63. The first kappa shape index (κ1) is 16.8. The highest BCUT2D eigenvalue weighted by atomic mass is 16.5. The van der Waals surface area contributed by atoms with E-state index < -0.39 is 0 Å².